The number of aliphatic hydroxyl groups excluding tert-OH is 1. The highest BCUT2D eigenvalue weighted by Gasteiger charge is 2.44. The lowest BCUT2D eigenvalue weighted by molar-refractivity contribution is -0.140. The molecule has 6 nitrogen and oxygen atoms in total. The Labute approximate surface area is 69.0 Å². The second-order valence-corrected chi connectivity index (χ2v) is 2.65. The second kappa shape index (κ2) is 2.72. The number of amides is 3. The molecule has 68 valence electrons. The van der Waals surface area contributed by atoms with Crippen molar-refractivity contribution in [1.82, 2.24) is 9.80 Å². The lowest BCUT2D eigenvalue weighted by Crippen LogP contribution is -2.41. The molecule has 0 aromatic rings. The molecule has 12 heavy (non-hydrogen) atoms. The molecule has 6 heteroatoms. The fraction of sp³-hybridized carbons (Fsp3) is 0.667. The Bertz CT molecular complexity index is 228. The summed E-state index contributed by atoms with van der Waals surface area (Å²) in [5.41, 5.74) is 0. The molecular weight excluding hydrogens is 164 g/mol. The zero-order valence-electron chi connectivity index (χ0n) is 6.76. The van der Waals surface area contributed by atoms with Crippen molar-refractivity contribution < 1.29 is 19.8 Å². The molecule has 1 heterocycles. The summed E-state index contributed by atoms with van der Waals surface area (Å²) >= 11 is 0. The van der Waals surface area contributed by atoms with Crippen LogP contribution in [0.1, 0.15) is 0 Å². The second-order valence-electron chi connectivity index (χ2n) is 2.65. The molecule has 0 aromatic heterocycles. The molecular formula is C6H10N2O4. The summed E-state index contributed by atoms with van der Waals surface area (Å²) in [6.07, 6.45) is -1.82. The Balaban J connectivity index is 2.91. The minimum absolute atomic E-state index is 0.530. The first-order valence-electron chi connectivity index (χ1n) is 3.37. The summed E-state index contributed by atoms with van der Waals surface area (Å²) in [5, 5.41) is 17.5. The maximum atomic E-state index is 11.1. The molecule has 1 aliphatic rings. The van der Waals surface area contributed by atoms with Crippen molar-refractivity contribution in [1.29, 1.82) is 0 Å². The van der Waals surface area contributed by atoms with Crippen LogP contribution in [0.2, 0.25) is 0 Å². The standard InChI is InChI=1S/C6H10N2O4/c1-7-3(5(10)11)4(9)8(2)6(7)12/h3,5,10-11H,1-2H3. The van der Waals surface area contributed by atoms with Crippen LogP contribution in [0.5, 0.6) is 0 Å². The largest absolute Gasteiger partial charge is 0.366 e. The molecule has 2 N–H and O–H groups in total. The molecule has 0 spiro atoms. The van der Waals surface area contributed by atoms with Gasteiger partial charge < -0.3 is 15.1 Å². The van der Waals surface area contributed by atoms with Gasteiger partial charge in [0, 0.05) is 14.1 Å². The average Bonchev–Trinajstić information content (AvgIpc) is 2.16. The Morgan fingerprint density at radius 3 is 2.00 bits per heavy atom. The topological polar surface area (TPSA) is 81.1 Å². The van der Waals surface area contributed by atoms with Crippen LogP contribution in [-0.2, 0) is 4.79 Å². The number of carbonyl (C=O) groups is 2. The predicted octanol–water partition coefficient (Wildman–Crippen LogP) is -1.81. The van der Waals surface area contributed by atoms with Crippen LogP contribution in [-0.4, -0.2) is 58.4 Å². The van der Waals surface area contributed by atoms with Crippen molar-refractivity contribution in [3.05, 3.63) is 0 Å². The number of likely N-dealkylation sites (N-methyl/N-ethyl adjacent to an activating group) is 2. The van der Waals surface area contributed by atoms with Gasteiger partial charge in [-0.15, -0.1) is 0 Å². The Kier molecular flexibility index (Phi) is 2.03. The smallest absolute Gasteiger partial charge is 0.327 e. The highest BCUT2D eigenvalue weighted by atomic mass is 16.5. The van der Waals surface area contributed by atoms with Crippen molar-refractivity contribution in [2.75, 3.05) is 14.1 Å². The van der Waals surface area contributed by atoms with Gasteiger partial charge in [0.1, 0.15) is 0 Å². The van der Waals surface area contributed by atoms with E-state index in [1.54, 1.807) is 0 Å². The van der Waals surface area contributed by atoms with Crippen LogP contribution in [0.3, 0.4) is 0 Å². The Morgan fingerprint density at radius 1 is 1.33 bits per heavy atom. The maximum Gasteiger partial charge on any atom is 0.327 e. The number of hydrogen-bond acceptors (Lipinski definition) is 4. The fourth-order valence-electron chi connectivity index (χ4n) is 1.14. The van der Waals surface area contributed by atoms with Crippen molar-refractivity contribution in [3.63, 3.8) is 0 Å². The highest BCUT2D eigenvalue weighted by molar-refractivity contribution is 6.03. The Hall–Kier alpha value is -1.14. The molecule has 0 bridgehead atoms. The van der Waals surface area contributed by atoms with Gasteiger partial charge in [0.05, 0.1) is 0 Å². The van der Waals surface area contributed by atoms with Crippen molar-refractivity contribution in [2.24, 2.45) is 0 Å². The molecule has 0 aliphatic carbocycles. The monoisotopic (exact) mass is 174 g/mol. The van der Waals surface area contributed by atoms with E-state index in [0.29, 0.717) is 0 Å². The normalized spacial score (nSPS) is 24.6. The van der Waals surface area contributed by atoms with Crippen LogP contribution in [0, 0.1) is 0 Å². The van der Waals surface area contributed by atoms with Gasteiger partial charge in [-0.1, -0.05) is 0 Å². The van der Waals surface area contributed by atoms with E-state index in [4.69, 9.17) is 10.2 Å². The van der Waals surface area contributed by atoms with Gasteiger partial charge in [0.2, 0.25) is 0 Å². The number of aliphatic hydroxyl groups is 2. The van der Waals surface area contributed by atoms with Gasteiger partial charge in [-0.3, -0.25) is 9.69 Å². The Morgan fingerprint density at radius 2 is 1.83 bits per heavy atom. The third-order valence-electron chi connectivity index (χ3n) is 1.87. The van der Waals surface area contributed by atoms with Gasteiger partial charge in [-0.2, -0.15) is 0 Å². The summed E-state index contributed by atoms with van der Waals surface area (Å²) in [5.74, 6) is -0.600. The number of hydrogen-bond donors (Lipinski definition) is 2. The molecule has 1 unspecified atom stereocenters. The zero-order valence-corrected chi connectivity index (χ0v) is 6.76. The summed E-state index contributed by atoms with van der Waals surface area (Å²) in [6.45, 7) is 0. The van der Waals surface area contributed by atoms with Gasteiger partial charge in [-0.05, 0) is 0 Å². The molecule has 1 fully saturated rings. The van der Waals surface area contributed by atoms with E-state index in [2.05, 4.69) is 0 Å². The van der Waals surface area contributed by atoms with E-state index in [1.807, 2.05) is 0 Å². The molecule has 3 amide bonds. The van der Waals surface area contributed by atoms with E-state index >= 15 is 0 Å². The van der Waals surface area contributed by atoms with Gasteiger partial charge in [-0.25, -0.2) is 4.79 Å². The molecule has 1 saturated heterocycles. The van der Waals surface area contributed by atoms with Crippen molar-refractivity contribution in [3.8, 4) is 0 Å². The fourth-order valence-corrected chi connectivity index (χ4v) is 1.14. The van der Waals surface area contributed by atoms with Crippen LogP contribution in [0.4, 0.5) is 4.79 Å². The lowest BCUT2D eigenvalue weighted by atomic mass is 10.2. The van der Waals surface area contributed by atoms with Crippen LogP contribution in [0.25, 0.3) is 0 Å². The van der Waals surface area contributed by atoms with E-state index in [-0.39, 0.29) is 0 Å². The number of nitrogens with zero attached hydrogens (tertiary/aromatic N) is 2. The van der Waals surface area contributed by atoms with Gasteiger partial charge in [0.25, 0.3) is 5.91 Å². The molecule has 1 aliphatic heterocycles. The first-order chi connectivity index (χ1) is 5.46. The van der Waals surface area contributed by atoms with Crippen molar-refractivity contribution >= 4 is 11.9 Å². The number of carbonyl (C=O) groups excluding carboxylic acids is 2. The first-order valence-corrected chi connectivity index (χ1v) is 3.37. The minimum Gasteiger partial charge on any atom is -0.366 e. The third kappa shape index (κ3) is 1.05. The first kappa shape index (κ1) is 8.95. The SMILES string of the molecule is CN1C(=O)C(C(O)O)N(C)C1=O. The number of rotatable bonds is 1. The van der Waals surface area contributed by atoms with E-state index < -0.39 is 24.3 Å². The van der Waals surface area contributed by atoms with E-state index in [9.17, 15) is 9.59 Å². The molecule has 1 atom stereocenters. The summed E-state index contributed by atoms with van der Waals surface area (Å²) in [7, 11) is 2.64. The number of urea groups is 1. The van der Waals surface area contributed by atoms with Gasteiger partial charge in [0.15, 0.2) is 12.3 Å². The molecule has 0 radical (unpaired) electrons. The summed E-state index contributed by atoms with van der Waals surface area (Å²) in [6, 6.07) is -1.69. The minimum atomic E-state index is -1.82. The summed E-state index contributed by atoms with van der Waals surface area (Å²) < 4.78 is 0. The quantitative estimate of drug-likeness (QED) is 0.362. The molecule has 0 aromatic carbocycles. The van der Waals surface area contributed by atoms with Crippen LogP contribution >= 0.6 is 0 Å². The van der Waals surface area contributed by atoms with Crippen LogP contribution in [0.15, 0.2) is 0 Å². The summed E-state index contributed by atoms with van der Waals surface area (Å²) in [4.78, 5) is 24.0. The van der Waals surface area contributed by atoms with E-state index in [1.165, 1.54) is 14.1 Å². The van der Waals surface area contributed by atoms with Crippen molar-refractivity contribution in [2.45, 2.75) is 12.3 Å². The highest BCUT2D eigenvalue weighted by Crippen LogP contribution is 2.15. The maximum absolute atomic E-state index is 11.1. The number of imide groups is 1. The third-order valence-corrected chi connectivity index (χ3v) is 1.87. The molecule has 0 saturated carbocycles. The average molecular weight is 174 g/mol. The lowest BCUT2D eigenvalue weighted by Gasteiger charge is -2.16. The zero-order chi connectivity index (χ0) is 9.46. The predicted molar refractivity (Wildman–Crippen MR) is 37.9 cm³/mol. The van der Waals surface area contributed by atoms with Crippen LogP contribution < -0.4 is 0 Å². The molecule has 1 rings (SSSR count). The van der Waals surface area contributed by atoms with E-state index in [0.717, 1.165) is 9.80 Å². The van der Waals surface area contributed by atoms with Gasteiger partial charge >= 0.3 is 6.03 Å².